The third kappa shape index (κ3) is 4.47. The fraction of sp³-hybridized carbons (Fsp3) is 0.310. The van der Waals surface area contributed by atoms with E-state index in [1.807, 2.05) is 31.2 Å². The molecular weight excluding hydrogens is 490 g/mol. The lowest BCUT2D eigenvalue weighted by Crippen LogP contribution is -2.41. The number of aliphatic hydroxyl groups is 1. The molecule has 0 fully saturated rings. The van der Waals surface area contributed by atoms with Crippen molar-refractivity contribution in [2.45, 2.75) is 58.6 Å². The zero-order valence-corrected chi connectivity index (χ0v) is 21.6. The normalized spacial score (nSPS) is 17.4. The molecule has 5 heteroatoms. The quantitative estimate of drug-likeness (QED) is 0.365. The van der Waals surface area contributed by atoms with Crippen molar-refractivity contribution in [3.63, 3.8) is 0 Å². The van der Waals surface area contributed by atoms with E-state index >= 15 is 0 Å². The monoisotopic (exact) mass is 519 g/mol. The summed E-state index contributed by atoms with van der Waals surface area (Å²) in [5.41, 5.74) is 4.12. The fourth-order valence-corrected chi connectivity index (χ4v) is 4.86. The van der Waals surface area contributed by atoms with Gasteiger partial charge < -0.3 is 10.0 Å². The average molecular weight is 520 g/mol. The largest absolute Gasteiger partial charge is 0.375 e. The maximum Gasteiger partial charge on any atom is 0.264 e. The van der Waals surface area contributed by atoms with E-state index in [0.29, 0.717) is 29.3 Å². The lowest BCUT2D eigenvalue weighted by molar-refractivity contribution is -0.136. The molecule has 34 heavy (non-hydrogen) atoms. The Hall–Kier alpha value is -2.76. The molecule has 3 aromatic rings. The number of anilines is 1. The smallest absolute Gasteiger partial charge is 0.264 e. The van der Waals surface area contributed by atoms with Gasteiger partial charge in [0, 0.05) is 15.6 Å². The van der Waals surface area contributed by atoms with Gasteiger partial charge in [-0.2, -0.15) is 0 Å². The first-order valence-electron chi connectivity index (χ1n) is 11.7. The van der Waals surface area contributed by atoms with E-state index in [1.54, 1.807) is 23.1 Å². The average Bonchev–Trinajstić information content (AvgIpc) is 3.01. The van der Waals surface area contributed by atoms with Crippen molar-refractivity contribution >= 4 is 33.3 Å². The Morgan fingerprint density at radius 2 is 1.76 bits per heavy atom. The number of carbonyl (C=O) groups excluding carboxylic acids is 2. The molecule has 1 aliphatic rings. The van der Waals surface area contributed by atoms with E-state index in [-0.39, 0.29) is 12.2 Å². The molecule has 3 aromatic carbocycles. The molecule has 0 saturated carbocycles. The number of rotatable bonds is 7. The van der Waals surface area contributed by atoms with Gasteiger partial charge in [-0.3, -0.25) is 9.59 Å². The number of benzene rings is 3. The molecule has 4 nitrogen and oxygen atoms in total. The minimum absolute atomic E-state index is 0.260. The van der Waals surface area contributed by atoms with Crippen LogP contribution in [0.4, 0.5) is 5.69 Å². The van der Waals surface area contributed by atoms with Crippen molar-refractivity contribution in [1.29, 1.82) is 0 Å². The van der Waals surface area contributed by atoms with Gasteiger partial charge >= 0.3 is 0 Å². The number of Topliss-reactive ketones (excluding diaryl/α,β-unsaturated/α-hetero) is 1. The van der Waals surface area contributed by atoms with Gasteiger partial charge in [0.1, 0.15) is 0 Å². The first-order valence-corrected chi connectivity index (χ1v) is 12.5. The van der Waals surface area contributed by atoms with Gasteiger partial charge in [-0.25, -0.2) is 0 Å². The first-order chi connectivity index (χ1) is 16.1. The highest BCUT2D eigenvalue weighted by Crippen LogP contribution is 2.45. The van der Waals surface area contributed by atoms with E-state index in [1.165, 1.54) is 5.56 Å². The summed E-state index contributed by atoms with van der Waals surface area (Å²) in [6.07, 6.45) is 0.576. The molecule has 1 amide bonds. The molecule has 1 N–H and O–H groups in total. The number of amides is 1. The van der Waals surface area contributed by atoms with Crippen molar-refractivity contribution in [3.8, 4) is 0 Å². The van der Waals surface area contributed by atoms with Crippen LogP contribution in [0.5, 0.6) is 0 Å². The van der Waals surface area contributed by atoms with Gasteiger partial charge in [0.25, 0.3) is 5.91 Å². The van der Waals surface area contributed by atoms with Crippen LogP contribution in [0, 0.1) is 6.92 Å². The first kappa shape index (κ1) is 24.4. The van der Waals surface area contributed by atoms with Crippen molar-refractivity contribution in [3.05, 3.63) is 98.5 Å². The van der Waals surface area contributed by atoms with Crippen LogP contribution in [0.1, 0.15) is 71.3 Å². The Morgan fingerprint density at radius 3 is 2.41 bits per heavy atom. The van der Waals surface area contributed by atoms with Crippen LogP contribution < -0.4 is 4.90 Å². The zero-order chi connectivity index (χ0) is 24.6. The molecular formula is C29H30BrNO3. The molecule has 0 spiro atoms. The summed E-state index contributed by atoms with van der Waals surface area (Å²) in [5, 5.41) is 11.7. The van der Waals surface area contributed by atoms with Crippen LogP contribution in [0.25, 0.3) is 0 Å². The minimum atomic E-state index is -1.91. The molecule has 0 saturated heterocycles. The molecule has 1 heterocycles. The number of ketones is 1. The lowest BCUT2D eigenvalue weighted by atomic mass is 9.88. The van der Waals surface area contributed by atoms with Crippen molar-refractivity contribution in [2.24, 2.45) is 0 Å². The Bertz CT molecular complexity index is 1250. The summed E-state index contributed by atoms with van der Waals surface area (Å²) in [6, 6.07) is 19.1. The summed E-state index contributed by atoms with van der Waals surface area (Å²) >= 11 is 3.46. The highest BCUT2D eigenvalue weighted by molar-refractivity contribution is 9.10. The van der Waals surface area contributed by atoms with E-state index in [9.17, 15) is 14.7 Å². The number of nitrogens with zero attached hydrogens (tertiary/aromatic N) is 1. The number of carbonyl (C=O) groups is 2. The second-order valence-electron chi connectivity index (χ2n) is 9.40. The number of fused-ring (bicyclic) bond motifs is 1. The van der Waals surface area contributed by atoms with Crippen molar-refractivity contribution in [1.82, 2.24) is 0 Å². The molecule has 0 radical (unpaired) electrons. The van der Waals surface area contributed by atoms with Gasteiger partial charge in [-0.05, 0) is 59.7 Å². The predicted octanol–water partition coefficient (Wildman–Crippen LogP) is 6.45. The number of hydrogen-bond donors (Lipinski definition) is 1. The molecule has 0 aliphatic carbocycles. The van der Waals surface area contributed by atoms with Crippen molar-refractivity contribution < 1.29 is 14.7 Å². The Morgan fingerprint density at radius 1 is 1.06 bits per heavy atom. The van der Waals surface area contributed by atoms with Crippen LogP contribution in [0.15, 0.2) is 65.1 Å². The van der Waals surface area contributed by atoms with Crippen LogP contribution >= 0.6 is 15.9 Å². The van der Waals surface area contributed by atoms with Crippen molar-refractivity contribution in [2.75, 3.05) is 4.90 Å². The second kappa shape index (κ2) is 9.47. The molecule has 0 unspecified atom stereocenters. The van der Waals surface area contributed by atoms with Gasteiger partial charge in [-0.1, -0.05) is 79.2 Å². The third-order valence-corrected chi connectivity index (χ3v) is 7.26. The Kier molecular flexibility index (Phi) is 6.79. The van der Waals surface area contributed by atoms with Gasteiger partial charge in [0.2, 0.25) is 0 Å². The van der Waals surface area contributed by atoms with Crippen LogP contribution in [0.2, 0.25) is 0 Å². The summed E-state index contributed by atoms with van der Waals surface area (Å²) in [6.45, 7) is 8.69. The molecule has 1 atom stereocenters. The highest BCUT2D eigenvalue weighted by atomic mass is 79.9. The van der Waals surface area contributed by atoms with Crippen LogP contribution in [0.3, 0.4) is 0 Å². The van der Waals surface area contributed by atoms with E-state index < -0.39 is 11.5 Å². The fourth-order valence-electron chi connectivity index (χ4n) is 4.50. The standard InChI is InChI=1S/C29H30BrNO3/c1-5-20-7-10-21(11-8-20)27(32)16-29(34)25-15-24(30)12-13-26(25)31(28(29)33)17-23-14-22(18(2)3)9-6-19(23)4/h6-15,18,34H,5,16-17H2,1-4H3/t29-/m0/s1. The summed E-state index contributed by atoms with van der Waals surface area (Å²) in [4.78, 5) is 28.5. The van der Waals surface area contributed by atoms with E-state index in [4.69, 9.17) is 0 Å². The molecule has 4 rings (SSSR count). The van der Waals surface area contributed by atoms with E-state index in [2.05, 4.69) is 54.9 Å². The van der Waals surface area contributed by atoms with Crippen LogP contribution in [-0.2, 0) is 23.4 Å². The third-order valence-electron chi connectivity index (χ3n) is 6.76. The minimum Gasteiger partial charge on any atom is -0.375 e. The number of hydrogen-bond acceptors (Lipinski definition) is 3. The summed E-state index contributed by atoms with van der Waals surface area (Å²) < 4.78 is 0.747. The summed E-state index contributed by atoms with van der Waals surface area (Å²) in [5.74, 6) is -0.358. The topological polar surface area (TPSA) is 57.6 Å². The lowest BCUT2D eigenvalue weighted by Gasteiger charge is -2.24. The Balaban J connectivity index is 1.70. The van der Waals surface area contributed by atoms with E-state index in [0.717, 1.165) is 27.6 Å². The Labute approximate surface area is 209 Å². The van der Waals surface area contributed by atoms with Crippen LogP contribution in [-0.4, -0.2) is 16.8 Å². The maximum absolute atomic E-state index is 13.7. The summed E-state index contributed by atoms with van der Waals surface area (Å²) in [7, 11) is 0. The predicted molar refractivity (Wildman–Crippen MR) is 139 cm³/mol. The highest BCUT2D eigenvalue weighted by Gasteiger charge is 2.51. The zero-order valence-electron chi connectivity index (χ0n) is 20.1. The molecule has 1 aliphatic heterocycles. The number of aryl methyl sites for hydroxylation is 2. The van der Waals surface area contributed by atoms with Gasteiger partial charge in [0.05, 0.1) is 18.7 Å². The molecule has 0 bridgehead atoms. The number of halogens is 1. The molecule has 0 aromatic heterocycles. The second-order valence-corrected chi connectivity index (χ2v) is 10.3. The SMILES string of the molecule is CCc1ccc(C(=O)C[C@@]2(O)C(=O)N(Cc3cc(C(C)C)ccc3C)c3ccc(Br)cc32)cc1. The van der Waals surface area contributed by atoms with Gasteiger partial charge in [-0.15, -0.1) is 0 Å². The maximum atomic E-state index is 13.7. The molecule has 176 valence electrons. The van der Waals surface area contributed by atoms with Gasteiger partial charge in [0.15, 0.2) is 11.4 Å².